The van der Waals surface area contributed by atoms with Crippen LogP contribution in [-0.2, 0) is 0 Å². The number of hydrogen-bond donors (Lipinski definition) is 2. The van der Waals surface area contributed by atoms with Crippen LogP contribution in [0.5, 0.6) is 5.75 Å². The van der Waals surface area contributed by atoms with E-state index in [-0.39, 0.29) is 11.9 Å². The molecule has 1 atom stereocenters. The first-order valence-corrected chi connectivity index (χ1v) is 5.25. The van der Waals surface area contributed by atoms with Gasteiger partial charge in [-0.15, -0.1) is 0 Å². The molecule has 1 unspecified atom stereocenters. The van der Waals surface area contributed by atoms with Crippen LogP contribution in [0.15, 0.2) is 30.6 Å². The molecule has 0 aliphatic carbocycles. The van der Waals surface area contributed by atoms with Gasteiger partial charge in [-0.05, 0) is 13.1 Å². The molecule has 0 saturated carbocycles. The Morgan fingerprint density at radius 3 is 2.82 bits per heavy atom. The Morgan fingerprint density at radius 2 is 2.29 bits per heavy atom. The summed E-state index contributed by atoms with van der Waals surface area (Å²) in [7, 11) is 3.29. The highest BCUT2D eigenvalue weighted by Gasteiger charge is 2.17. The lowest BCUT2D eigenvalue weighted by molar-refractivity contribution is 0.410. The maximum atomic E-state index is 13.9. The number of nitrogens with one attached hydrogen (secondary N) is 2. The summed E-state index contributed by atoms with van der Waals surface area (Å²) in [5.41, 5.74) is 1.45. The van der Waals surface area contributed by atoms with Crippen molar-refractivity contribution in [1.82, 2.24) is 15.5 Å². The number of H-pyrrole nitrogens is 1. The average Bonchev–Trinajstić information content (AvgIpc) is 2.85. The molecule has 2 aromatic rings. The van der Waals surface area contributed by atoms with Crippen molar-refractivity contribution >= 4 is 0 Å². The molecule has 0 aliphatic heterocycles. The molecule has 0 aliphatic rings. The molecule has 0 amide bonds. The fourth-order valence-electron chi connectivity index (χ4n) is 1.79. The van der Waals surface area contributed by atoms with Crippen molar-refractivity contribution in [3.63, 3.8) is 0 Å². The molecule has 4 nitrogen and oxygen atoms in total. The molecule has 1 heterocycles. The van der Waals surface area contributed by atoms with E-state index in [9.17, 15) is 4.39 Å². The standard InChI is InChI=1S/C12H14FN3O/c1-14-12(8-6-15-16-7-8)10-4-3-9(17-2)5-11(10)13/h3-7,12,14H,1-2H3,(H,15,16). The molecule has 1 aromatic carbocycles. The second kappa shape index (κ2) is 4.97. The lowest BCUT2D eigenvalue weighted by atomic mass is 10.0. The van der Waals surface area contributed by atoms with E-state index in [0.29, 0.717) is 11.3 Å². The van der Waals surface area contributed by atoms with Gasteiger partial charge in [-0.2, -0.15) is 5.10 Å². The van der Waals surface area contributed by atoms with Crippen molar-refractivity contribution in [2.75, 3.05) is 14.2 Å². The molecule has 0 fully saturated rings. The van der Waals surface area contributed by atoms with E-state index in [2.05, 4.69) is 15.5 Å². The monoisotopic (exact) mass is 235 g/mol. The third-order valence-electron chi connectivity index (χ3n) is 2.66. The van der Waals surface area contributed by atoms with E-state index in [1.54, 1.807) is 31.6 Å². The summed E-state index contributed by atoms with van der Waals surface area (Å²) < 4.78 is 18.9. The lowest BCUT2D eigenvalue weighted by Crippen LogP contribution is -2.18. The van der Waals surface area contributed by atoms with Gasteiger partial charge in [-0.1, -0.05) is 6.07 Å². The molecule has 2 N–H and O–H groups in total. The van der Waals surface area contributed by atoms with Crippen LogP contribution in [0.3, 0.4) is 0 Å². The fraction of sp³-hybridized carbons (Fsp3) is 0.250. The minimum absolute atomic E-state index is 0.223. The normalized spacial score (nSPS) is 12.4. The van der Waals surface area contributed by atoms with Crippen LogP contribution >= 0.6 is 0 Å². The van der Waals surface area contributed by atoms with E-state index < -0.39 is 0 Å². The van der Waals surface area contributed by atoms with Gasteiger partial charge in [0.2, 0.25) is 0 Å². The molecule has 0 spiro atoms. The highest BCUT2D eigenvalue weighted by molar-refractivity contribution is 5.35. The summed E-state index contributed by atoms with van der Waals surface area (Å²) >= 11 is 0. The van der Waals surface area contributed by atoms with Crippen molar-refractivity contribution in [3.8, 4) is 5.75 Å². The number of aromatic nitrogens is 2. The summed E-state index contributed by atoms with van der Waals surface area (Å²) in [6.07, 6.45) is 3.41. The third-order valence-corrected chi connectivity index (χ3v) is 2.66. The number of ether oxygens (including phenoxy) is 1. The number of hydrogen-bond acceptors (Lipinski definition) is 3. The zero-order valence-corrected chi connectivity index (χ0v) is 9.70. The maximum absolute atomic E-state index is 13.9. The summed E-state index contributed by atoms with van der Waals surface area (Å²) in [4.78, 5) is 0. The van der Waals surface area contributed by atoms with Crippen LogP contribution in [0.2, 0.25) is 0 Å². The van der Waals surface area contributed by atoms with Crippen LogP contribution < -0.4 is 10.1 Å². The number of aromatic amines is 1. The van der Waals surface area contributed by atoms with E-state index in [0.717, 1.165) is 5.56 Å². The van der Waals surface area contributed by atoms with Crippen LogP contribution in [0, 0.1) is 5.82 Å². The quantitative estimate of drug-likeness (QED) is 0.850. The zero-order chi connectivity index (χ0) is 12.3. The average molecular weight is 235 g/mol. The van der Waals surface area contributed by atoms with Gasteiger partial charge in [0.25, 0.3) is 0 Å². The highest BCUT2D eigenvalue weighted by Crippen LogP contribution is 2.26. The molecule has 90 valence electrons. The van der Waals surface area contributed by atoms with Crippen LogP contribution in [0.25, 0.3) is 0 Å². The van der Waals surface area contributed by atoms with Crippen LogP contribution in [-0.4, -0.2) is 24.4 Å². The molecular formula is C12H14FN3O. The highest BCUT2D eigenvalue weighted by atomic mass is 19.1. The van der Waals surface area contributed by atoms with Gasteiger partial charge in [0.1, 0.15) is 11.6 Å². The zero-order valence-electron chi connectivity index (χ0n) is 9.70. The predicted molar refractivity (Wildman–Crippen MR) is 62.4 cm³/mol. The van der Waals surface area contributed by atoms with Gasteiger partial charge in [-0.25, -0.2) is 4.39 Å². The van der Waals surface area contributed by atoms with E-state index in [1.165, 1.54) is 13.2 Å². The third kappa shape index (κ3) is 2.29. The molecular weight excluding hydrogens is 221 g/mol. The Kier molecular flexibility index (Phi) is 3.39. The van der Waals surface area contributed by atoms with Crippen molar-refractivity contribution in [2.24, 2.45) is 0 Å². The van der Waals surface area contributed by atoms with Gasteiger partial charge in [0, 0.05) is 23.4 Å². The first-order valence-electron chi connectivity index (χ1n) is 5.25. The molecule has 0 radical (unpaired) electrons. The Morgan fingerprint density at radius 1 is 1.47 bits per heavy atom. The lowest BCUT2D eigenvalue weighted by Gasteiger charge is -2.16. The van der Waals surface area contributed by atoms with Gasteiger partial charge in [0.05, 0.1) is 19.3 Å². The maximum Gasteiger partial charge on any atom is 0.132 e. The Labute approximate surface area is 98.8 Å². The smallest absolute Gasteiger partial charge is 0.132 e. The second-order valence-corrected chi connectivity index (χ2v) is 3.64. The summed E-state index contributed by atoms with van der Waals surface area (Å²) in [6.45, 7) is 0. The Hall–Kier alpha value is -1.88. The number of methoxy groups -OCH3 is 1. The summed E-state index contributed by atoms with van der Waals surface area (Å²) in [6, 6.07) is 4.60. The van der Waals surface area contributed by atoms with Gasteiger partial charge >= 0.3 is 0 Å². The van der Waals surface area contributed by atoms with Gasteiger partial charge in [-0.3, -0.25) is 5.10 Å². The number of rotatable bonds is 4. The van der Waals surface area contributed by atoms with Crippen molar-refractivity contribution in [3.05, 3.63) is 47.5 Å². The molecule has 0 bridgehead atoms. The molecule has 1 aromatic heterocycles. The first kappa shape index (κ1) is 11.6. The largest absolute Gasteiger partial charge is 0.497 e. The van der Waals surface area contributed by atoms with Crippen LogP contribution in [0.4, 0.5) is 4.39 Å². The van der Waals surface area contributed by atoms with Crippen molar-refractivity contribution in [2.45, 2.75) is 6.04 Å². The van der Waals surface area contributed by atoms with E-state index in [1.807, 2.05) is 0 Å². The summed E-state index contributed by atoms with van der Waals surface area (Å²) in [5.74, 6) is 0.207. The molecule has 5 heteroatoms. The Balaban J connectivity index is 2.38. The Bertz CT molecular complexity index is 485. The first-order chi connectivity index (χ1) is 8.26. The molecule has 0 saturated heterocycles. The van der Waals surface area contributed by atoms with E-state index in [4.69, 9.17) is 4.74 Å². The minimum atomic E-state index is -0.301. The number of halogens is 1. The minimum Gasteiger partial charge on any atom is -0.497 e. The van der Waals surface area contributed by atoms with Crippen molar-refractivity contribution < 1.29 is 9.13 Å². The number of benzene rings is 1. The molecule has 2 rings (SSSR count). The van der Waals surface area contributed by atoms with Crippen molar-refractivity contribution in [1.29, 1.82) is 0 Å². The van der Waals surface area contributed by atoms with Gasteiger partial charge in [0.15, 0.2) is 0 Å². The molecule has 17 heavy (non-hydrogen) atoms. The predicted octanol–water partition coefficient (Wildman–Crippen LogP) is 1.87. The number of nitrogens with zero attached hydrogens (tertiary/aromatic N) is 1. The second-order valence-electron chi connectivity index (χ2n) is 3.64. The van der Waals surface area contributed by atoms with Crippen LogP contribution in [0.1, 0.15) is 17.2 Å². The summed E-state index contributed by atoms with van der Waals surface area (Å²) in [5, 5.41) is 9.65. The fourth-order valence-corrected chi connectivity index (χ4v) is 1.79. The van der Waals surface area contributed by atoms with E-state index >= 15 is 0 Å². The van der Waals surface area contributed by atoms with Gasteiger partial charge < -0.3 is 10.1 Å². The topological polar surface area (TPSA) is 49.9 Å². The SMILES string of the molecule is CNC(c1cn[nH]c1)c1ccc(OC)cc1F.